The zero-order valence-electron chi connectivity index (χ0n) is 15.7. The van der Waals surface area contributed by atoms with E-state index < -0.39 is 0 Å². The molecule has 0 saturated heterocycles. The first kappa shape index (κ1) is 18.1. The van der Waals surface area contributed by atoms with E-state index in [0.29, 0.717) is 27.4 Å². The Kier molecular flexibility index (Phi) is 4.63. The van der Waals surface area contributed by atoms with Gasteiger partial charge in [-0.1, -0.05) is 6.42 Å². The molecule has 2 saturated carbocycles. The smallest absolute Gasteiger partial charge is 0.265 e. The molecule has 3 atom stereocenters. The topological polar surface area (TPSA) is 88.9 Å². The van der Waals surface area contributed by atoms with E-state index in [2.05, 4.69) is 20.7 Å². The van der Waals surface area contributed by atoms with Gasteiger partial charge in [-0.25, -0.2) is 9.67 Å². The van der Waals surface area contributed by atoms with Gasteiger partial charge in [0.15, 0.2) is 0 Å². The van der Waals surface area contributed by atoms with Gasteiger partial charge in [0.25, 0.3) is 11.8 Å². The summed E-state index contributed by atoms with van der Waals surface area (Å²) in [6.07, 6.45) is 7.96. The highest BCUT2D eigenvalue weighted by Gasteiger charge is 2.40. The van der Waals surface area contributed by atoms with Gasteiger partial charge >= 0.3 is 0 Å². The summed E-state index contributed by atoms with van der Waals surface area (Å²) in [6.45, 7) is 0. The number of aromatic nitrogens is 3. The maximum atomic E-state index is 12.6. The van der Waals surface area contributed by atoms with Crippen LogP contribution in [0.25, 0.3) is 5.69 Å². The fourth-order valence-electron chi connectivity index (χ4n) is 4.47. The molecule has 2 aliphatic carbocycles. The van der Waals surface area contributed by atoms with E-state index in [-0.39, 0.29) is 11.8 Å². The zero-order chi connectivity index (χ0) is 19.8. The van der Waals surface area contributed by atoms with Crippen LogP contribution in [0.3, 0.4) is 0 Å². The van der Waals surface area contributed by atoms with Crippen LogP contribution in [0, 0.1) is 11.8 Å². The lowest BCUT2D eigenvalue weighted by Crippen LogP contribution is -2.38. The predicted molar refractivity (Wildman–Crippen MR) is 110 cm³/mol. The first-order valence-electron chi connectivity index (χ1n) is 9.83. The van der Waals surface area contributed by atoms with Crippen molar-refractivity contribution in [3.8, 4) is 5.69 Å². The highest BCUT2D eigenvalue weighted by Crippen LogP contribution is 2.44. The van der Waals surface area contributed by atoms with Crippen molar-refractivity contribution >= 4 is 28.8 Å². The number of benzene rings is 1. The summed E-state index contributed by atoms with van der Waals surface area (Å²) in [5.41, 5.74) is 1.54. The van der Waals surface area contributed by atoms with E-state index in [1.165, 1.54) is 36.9 Å². The van der Waals surface area contributed by atoms with Crippen LogP contribution in [0.15, 0.2) is 49.1 Å². The molecule has 2 aromatic heterocycles. The largest absolute Gasteiger partial charge is 0.348 e. The van der Waals surface area contributed by atoms with Gasteiger partial charge in [-0.2, -0.15) is 5.10 Å². The summed E-state index contributed by atoms with van der Waals surface area (Å²) in [6, 6.07) is 11.1. The van der Waals surface area contributed by atoms with E-state index in [0.717, 1.165) is 18.0 Å². The van der Waals surface area contributed by atoms with Crippen LogP contribution in [0.1, 0.15) is 45.0 Å². The second-order valence-corrected chi connectivity index (χ2v) is 8.84. The number of rotatable bonds is 5. The lowest BCUT2D eigenvalue weighted by molar-refractivity contribution is 0.0926. The number of amides is 2. The molecule has 2 amide bonds. The Morgan fingerprint density at radius 2 is 1.79 bits per heavy atom. The minimum absolute atomic E-state index is 0.0659. The number of anilines is 1. The molecule has 0 radical (unpaired) electrons. The standard InChI is InChI=1S/C21H21N5O2S/c27-20(24-15-3-5-16(6-4-15)26-12-22-11-23-26)18-7-8-19(29-18)21(28)25-17-10-13-1-2-14(17)9-13/h3-8,11-14,17H,1-2,9-10H2,(H,24,27)(H,25,28)/t13?,14?,17-/m1/s1. The summed E-state index contributed by atoms with van der Waals surface area (Å²) < 4.78 is 1.64. The fourth-order valence-corrected chi connectivity index (χ4v) is 5.28. The number of carbonyl (C=O) groups is 2. The molecule has 7 nitrogen and oxygen atoms in total. The first-order chi connectivity index (χ1) is 14.2. The second-order valence-electron chi connectivity index (χ2n) is 7.76. The van der Waals surface area contributed by atoms with Crippen molar-refractivity contribution < 1.29 is 9.59 Å². The van der Waals surface area contributed by atoms with Crippen molar-refractivity contribution in [3.63, 3.8) is 0 Å². The molecule has 2 N–H and O–H groups in total. The molecule has 5 rings (SSSR count). The van der Waals surface area contributed by atoms with E-state index in [9.17, 15) is 9.59 Å². The molecule has 29 heavy (non-hydrogen) atoms. The van der Waals surface area contributed by atoms with Gasteiger partial charge in [0.2, 0.25) is 0 Å². The molecule has 3 aromatic rings. The minimum Gasteiger partial charge on any atom is -0.348 e. The van der Waals surface area contributed by atoms with E-state index in [4.69, 9.17) is 0 Å². The summed E-state index contributed by atoms with van der Waals surface area (Å²) in [4.78, 5) is 30.1. The van der Waals surface area contributed by atoms with Gasteiger partial charge in [0.1, 0.15) is 12.7 Å². The average molecular weight is 407 g/mol. The number of nitrogens with zero attached hydrogens (tertiary/aromatic N) is 3. The van der Waals surface area contributed by atoms with Crippen LogP contribution in [-0.4, -0.2) is 32.6 Å². The van der Waals surface area contributed by atoms with E-state index >= 15 is 0 Å². The number of fused-ring (bicyclic) bond motifs is 2. The number of thiophene rings is 1. The van der Waals surface area contributed by atoms with Gasteiger partial charge in [-0.3, -0.25) is 9.59 Å². The molecule has 2 fully saturated rings. The second kappa shape index (κ2) is 7.44. The van der Waals surface area contributed by atoms with Crippen molar-refractivity contribution in [1.29, 1.82) is 0 Å². The van der Waals surface area contributed by atoms with Crippen molar-refractivity contribution in [2.45, 2.75) is 31.7 Å². The Bertz CT molecular complexity index is 1030. The summed E-state index contributed by atoms with van der Waals surface area (Å²) in [5.74, 6) is 1.13. The quantitative estimate of drug-likeness (QED) is 0.677. The van der Waals surface area contributed by atoms with Crippen LogP contribution in [0.5, 0.6) is 0 Å². The maximum Gasteiger partial charge on any atom is 0.265 e. The predicted octanol–water partition coefficient (Wildman–Crippen LogP) is 3.50. The Labute approximate surface area is 172 Å². The molecule has 148 valence electrons. The molecule has 0 aliphatic heterocycles. The van der Waals surface area contributed by atoms with Gasteiger partial charge in [0.05, 0.1) is 15.4 Å². The molecule has 8 heteroatoms. The van der Waals surface area contributed by atoms with Crippen LogP contribution in [0.4, 0.5) is 5.69 Å². The van der Waals surface area contributed by atoms with Gasteiger partial charge in [-0.15, -0.1) is 11.3 Å². The normalized spacial score (nSPS) is 22.6. The number of carbonyl (C=O) groups excluding carboxylic acids is 2. The van der Waals surface area contributed by atoms with Crippen molar-refractivity contribution in [2.24, 2.45) is 11.8 Å². The van der Waals surface area contributed by atoms with Crippen LogP contribution < -0.4 is 10.6 Å². The third-order valence-corrected chi connectivity index (χ3v) is 7.00. The SMILES string of the molecule is O=C(Nc1ccc(-n2cncn2)cc1)c1ccc(C(=O)N[C@@H]2CC3CCC2C3)s1. The molecular weight excluding hydrogens is 386 g/mol. The van der Waals surface area contributed by atoms with Gasteiger partial charge in [-0.05, 0) is 67.5 Å². The maximum absolute atomic E-state index is 12.6. The number of nitrogens with one attached hydrogen (secondary N) is 2. The average Bonchev–Trinajstić information content (AvgIpc) is 3.53. The summed E-state index contributed by atoms with van der Waals surface area (Å²) >= 11 is 1.23. The molecule has 1 aromatic carbocycles. The first-order valence-corrected chi connectivity index (χ1v) is 10.6. The minimum atomic E-state index is -0.220. The van der Waals surface area contributed by atoms with Crippen molar-refractivity contribution in [1.82, 2.24) is 20.1 Å². The van der Waals surface area contributed by atoms with E-state index in [1.807, 2.05) is 24.3 Å². The molecule has 2 bridgehead atoms. The van der Waals surface area contributed by atoms with Crippen molar-refractivity contribution in [3.05, 3.63) is 58.8 Å². The van der Waals surface area contributed by atoms with Crippen molar-refractivity contribution in [2.75, 3.05) is 5.32 Å². The highest BCUT2D eigenvalue weighted by molar-refractivity contribution is 7.16. The highest BCUT2D eigenvalue weighted by atomic mass is 32.1. The summed E-state index contributed by atoms with van der Waals surface area (Å²) in [5, 5.41) is 10.1. The Morgan fingerprint density at radius 3 is 2.45 bits per heavy atom. The molecule has 2 heterocycles. The fraction of sp³-hybridized carbons (Fsp3) is 0.333. The van der Waals surface area contributed by atoms with Crippen LogP contribution >= 0.6 is 11.3 Å². The van der Waals surface area contributed by atoms with Gasteiger partial charge < -0.3 is 10.6 Å². The molecule has 2 unspecified atom stereocenters. The lowest BCUT2D eigenvalue weighted by Gasteiger charge is -2.22. The molecular formula is C21H21N5O2S. The Morgan fingerprint density at radius 1 is 1.00 bits per heavy atom. The third-order valence-electron chi connectivity index (χ3n) is 5.92. The Balaban J connectivity index is 1.21. The van der Waals surface area contributed by atoms with Gasteiger partial charge in [0, 0.05) is 11.7 Å². The molecule has 0 spiro atoms. The zero-order valence-corrected chi connectivity index (χ0v) is 16.6. The lowest BCUT2D eigenvalue weighted by atomic mass is 9.95. The third kappa shape index (κ3) is 3.67. The van der Waals surface area contributed by atoms with Crippen LogP contribution in [-0.2, 0) is 0 Å². The summed E-state index contributed by atoms with van der Waals surface area (Å²) in [7, 11) is 0. The number of hydrogen-bond acceptors (Lipinski definition) is 5. The molecule has 2 aliphatic rings. The Hall–Kier alpha value is -3.00. The van der Waals surface area contributed by atoms with E-state index in [1.54, 1.807) is 23.1 Å². The monoisotopic (exact) mass is 407 g/mol. The number of hydrogen-bond donors (Lipinski definition) is 2. The van der Waals surface area contributed by atoms with Crippen LogP contribution in [0.2, 0.25) is 0 Å².